The van der Waals surface area contributed by atoms with Gasteiger partial charge in [-0.05, 0) is 18.1 Å². The van der Waals surface area contributed by atoms with Crippen molar-refractivity contribution < 1.29 is 0 Å². The van der Waals surface area contributed by atoms with Crippen molar-refractivity contribution in [2.45, 2.75) is 30.9 Å². The molecule has 2 heteroatoms. The van der Waals surface area contributed by atoms with E-state index in [0.717, 1.165) is 5.75 Å². The predicted octanol–water partition coefficient (Wildman–Crippen LogP) is 4.32. The number of hydrogen-bond donors (Lipinski definition) is 1. The Morgan fingerprint density at radius 1 is 1.00 bits per heavy atom. The van der Waals surface area contributed by atoms with Crippen LogP contribution in [0.15, 0.2) is 54.6 Å². The number of hydrogen-bond acceptors (Lipinski definition) is 2. The maximum atomic E-state index is 6.33. The van der Waals surface area contributed by atoms with Gasteiger partial charge in [0.25, 0.3) is 0 Å². The van der Waals surface area contributed by atoms with Crippen molar-refractivity contribution in [3.63, 3.8) is 0 Å². The first-order valence-corrected chi connectivity index (χ1v) is 7.69. The second kappa shape index (κ2) is 6.78. The molecule has 0 fully saturated rings. The summed E-state index contributed by atoms with van der Waals surface area (Å²) in [5.74, 6) is 1.02. The summed E-state index contributed by atoms with van der Waals surface area (Å²) in [5.41, 5.74) is 10.2. The van der Waals surface area contributed by atoms with Crippen molar-refractivity contribution in [1.29, 1.82) is 0 Å². The smallest absolute Gasteiger partial charge is 0.0412 e. The van der Waals surface area contributed by atoms with E-state index in [1.54, 1.807) is 0 Å². The first-order chi connectivity index (χ1) is 9.16. The van der Waals surface area contributed by atoms with E-state index >= 15 is 0 Å². The lowest BCUT2D eigenvalue weighted by Crippen LogP contribution is -2.21. The molecule has 0 aromatic heterocycles. The quantitative estimate of drug-likeness (QED) is 0.876. The normalized spacial score (nSPS) is 14.1. The Morgan fingerprint density at radius 3 is 2.26 bits per heavy atom. The number of thioether (sulfide) groups is 1. The average Bonchev–Trinajstić information content (AvgIpc) is 2.46. The van der Waals surface area contributed by atoms with Crippen LogP contribution in [0.3, 0.4) is 0 Å². The third-order valence-corrected chi connectivity index (χ3v) is 4.64. The van der Waals surface area contributed by atoms with Crippen LogP contribution in [0, 0.1) is 6.92 Å². The Balaban J connectivity index is 1.92. The van der Waals surface area contributed by atoms with Crippen LogP contribution in [-0.4, -0.2) is 5.25 Å². The molecule has 0 bridgehead atoms. The molecule has 0 amide bonds. The van der Waals surface area contributed by atoms with Gasteiger partial charge in [0.05, 0.1) is 0 Å². The van der Waals surface area contributed by atoms with Crippen molar-refractivity contribution in [3.05, 3.63) is 71.3 Å². The van der Waals surface area contributed by atoms with Gasteiger partial charge in [-0.15, -0.1) is 0 Å². The summed E-state index contributed by atoms with van der Waals surface area (Å²) < 4.78 is 0. The van der Waals surface area contributed by atoms with E-state index < -0.39 is 0 Å². The predicted molar refractivity (Wildman–Crippen MR) is 85.3 cm³/mol. The Hall–Kier alpha value is -1.25. The SMILES string of the molecule is Cc1ccc(C(N)C(C)SCc2ccccc2)cc1. The summed E-state index contributed by atoms with van der Waals surface area (Å²) in [6.07, 6.45) is 0. The van der Waals surface area contributed by atoms with Gasteiger partial charge >= 0.3 is 0 Å². The minimum absolute atomic E-state index is 0.0920. The number of nitrogens with two attached hydrogens (primary N) is 1. The van der Waals surface area contributed by atoms with Crippen molar-refractivity contribution in [1.82, 2.24) is 0 Å². The fraction of sp³-hybridized carbons (Fsp3) is 0.294. The third kappa shape index (κ3) is 4.12. The second-order valence-corrected chi connectivity index (χ2v) is 6.30. The minimum atomic E-state index is 0.0920. The van der Waals surface area contributed by atoms with E-state index in [1.165, 1.54) is 16.7 Å². The molecule has 2 N–H and O–H groups in total. The Labute approximate surface area is 120 Å². The van der Waals surface area contributed by atoms with Crippen molar-refractivity contribution in [3.8, 4) is 0 Å². The molecule has 0 heterocycles. The maximum absolute atomic E-state index is 6.33. The van der Waals surface area contributed by atoms with Gasteiger partial charge in [-0.1, -0.05) is 67.1 Å². The minimum Gasteiger partial charge on any atom is -0.323 e. The zero-order chi connectivity index (χ0) is 13.7. The van der Waals surface area contributed by atoms with Crippen LogP contribution >= 0.6 is 11.8 Å². The van der Waals surface area contributed by atoms with Gasteiger partial charge in [0.2, 0.25) is 0 Å². The van der Waals surface area contributed by atoms with E-state index in [1.807, 2.05) is 11.8 Å². The topological polar surface area (TPSA) is 26.0 Å². The van der Waals surface area contributed by atoms with Crippen LogP contribution in [0.2, 0.25) is 0 Å². The zero-order valence-electron chi connectivity index (χ0n) is 11.5. The van der Waals surface area contributed by atoms with Gasteiger partial charge in [0, 0.05) is 17.0 Å². The van der Waals surface area contributed by atoms with Crippen molar-refractivity contribution >= 4 is 11.8 Å². The van der Waals surface area contributed by atoms with E-state index in [4.69, 9.17) is 5.73 Å². The monoisotopic (exact) mass is 271 g/mol. The lowest BCUT2D eigenvalue weighted by Gasteiger charge is -2.20. The molecule has 0 aliphatic carbocycles. The molecule has 0 saturated carbocycles. The largest absolute Gasteiger partial charge is 0.323 e. The van der Waals surface area contributed by atoms with Crippen LogP contribution in [0.5, 0.6) is 0 Å². The van der Waals surface area contributed by atoms with Crippen LogP contribution < -0.4 is 5.73 Å². The van der Waals surface area contributed by atoms with Gasteiger partial charge in [-0.25, -0.2) is 0 Å². The zero-order valence-corrected chi connectivity index (χ0v) is 12.4. The molecular weight excluding hydrogens is 250 g/mol. The summed E-state index contributed by atoms with van der Waals surface area (Å²) in [5, 5.41) is 0.405. The highest BCUT2D eigenvalue weighted by Crippen LogP contribution is 2.27. The maximum Gasteiger partial charge on any atom is 0.0412 e. The second-order valence-electron chi connectivity index (χ2n) is 4.94. The number of aryl methyl sites for hydroxylation is 1. The third-order valence-electron chi connectivity index (χ3n) is 3.32. The number of rotatable bonds is 5. The van der Waals surface area contributed by atoms with E-state index in [0.29, 0.717) is 5.25 Å². The molecule has 0 spiro atoms. The highest BCUT2D eigenvalue weighted by atomic mass is 32.2. The lowest BCUT2D eigenvalue weighted by molar-refractivity contribution is 0.714. The van der Waals surface area contributed by atoms with Gasteiger partial charge in [0.1, 0.15) is 0 Å². The molecule has 0 radical (unpaired) electrons. The first kappa shape index (κ1) is 14.2. The van der Waals surface area contributed by atoms with Gasteiger partial charge in [-0.2, -0.15) is 11.8 Å². The molecule has 19 heavy (non-hydrogen) atoms. The summed E-state index contributed by atoms with van der Waals surface area (Å²) in [4.78, 5) is 0. The standard InChI is InChI=1S/C17H21NS/c1-13-8-10-16(11-9-13)17(18)14(2)19-12-15-6-4-3-5-7-15/h3-11,14,17H,12,18H2,1-2H3. The molecule has 0 aliphatic heterocycles. The fourth-order valence-corrected chi connectivity index (χ4v) is 2.98. The molecule has 0 aliphatic rings. The van der Waals surface area contributed by atoms with E-state index in [9.17, 15) is 0 Å². The van der Waals surface area contributed by atoms with Crippen LogP contribution in [0.4, 0.5) is 0 Å². The first-order valence-electron chi connectivity index (χ1n) is 6.64. The Kier molecular flexibility index (Phi) is 5.06. The van der Waals surface area contributed by atoms with Crippen molar-refractivity contribution in [2.24, 2.45) is 5.73 Å². The highest BCUT2D eigenvalue weighted by molar-refractivity contribution is 7.99. The van der Waals surface area contributed by atoms with Crippen molar-refractivity contribution in [2.75, 3.05) is 0 Å². The lowest BCUT2D eigenvalue weighted by atomic mass is 10.0. The fourth-order valence-electron chi connectivity index (χ4n) is 1.97. The molecule has 1 nitrogen and oxygen atoms in total. The summed E-state index contributed by atoms with van der Waals surface area (Å²) in [6.45, 7) is 4.31. The van der Waals surface area contributed by atoms with Crippen LogP contribution in [0.25, 0.3) is 0 Å². The average molecular weight is 271 g/mol. The molecule has 2 atom stereocenters. The van der Waals surface area contributed by atoms with Gasteiger partial charge in [0.15, 0.2) is 0 Å². The number of benzene rings is 2. The summed E-state index contributed by atoms with van der Waals surface area (Å²) in [6, 6.07) is 19.2. The molecule has 2 unspecified atom stereocenters. The van der Waals surface area contributed by atoms with E-state index in [2.05, 4.69) is 68.4 Å². The molecule has 2 aromatic carbocycles. The molecule has 0 saturated heterocycles. The Bertz CT molecular complexity index is 492. The molecule has 2 rings (SSSR count). The summed E-state index contributed by atoms with van der Waals surface area (Å²) in [7, 11) is 0. The highest BCUT2D eigenvalue weighted by Gasteiger charge is 2.15. The Morgan fingerprint density at radius 2 is 1.63 bits per heavy atom. The van der Waals surface area contributed by atoms with E-state index in [-0.39, 0.29) is 6.04 Å². The molecule has 100 valence electrons. The van der Waals surface area contributed by atoms with Gasteiger partial charge < -0.3 is 5.73 Å². The molecule has 2 aromatic rings. The molecular formula is C17H21NS. The summed E-state index contributed by atoms with van der Waals surface area (Å²) >= 11 is 1.91. The van der Waals surface area contributed by atoms with Crippen LogP contribution in [0.1, 0.15) is 29.7 Å². The van der Waals surface area contributed by atoms with Gasteiger partial charge in [-0.3, -0.25) is 0 Å². The van der Waals surface area contributed by atoms with Crippen LogP contribution in [-0.2, 0) is 5.75 Å².